The Morgan fingerprint density at radius 3 is 2.47 bits per heavy atom. The van der Waals surface area contributed by atoms with Gasteiger partial charge >= 0.3 is 6.03 Å². The fourth-order valence-electron chi connectivity index (χ4n) is 1.55. The topological polar surface area (TPSA) is 53.2 Å². The Hall–Kier alpha value is -0.770. The Balaban J connectivity index is 2.17. The molecule has 3 N–H and O–H groups in total. The van der Waals surface area contributed by atoms with Crippen molar-refractivity contribution < 1.29 is 4.79 Å². The molecule has 1 fully saturated rings. The van der Waals surface area contributed by atoms with Crippen molar-refractivity contribution in [1.82, 2.24) is 16.0 Å². The fourth-order valence-corrected chi connectivity index (χ4v) is 1.55. The van der Waals surface area contributed by atoms with Crippen LogP contribution in [-0.2, 0) is 0 Å². The minimum absolute atomic E-state index is 0.0307. The van der Waals surface area contributed by atoms with Crippen LogP contribution in [0.1, 0.15) is 33.6 Å². The second-order valence-corrected chi connectivity index (χ2v) is 5.41. The molecule has 0 atom stereocenters. The van der Waals surface area contributed by atoms with Crippen LogP contribution < -0.4 is 16.0 Å². The van der Waals surface area contributed by atoms with E-state index in [1.165, 1.54) is 0 Å². The Kier molecular flexibility index (Phi) is 4.39. The molecule has 0 aromatic heterocycles. The number of carbonyl (C=O) groups is 1. The molecule has 1 saturated heterocycles. The van der Waals surface area contributed by atoms with E-state index in [4.69, 9.17) is 0 Å². The molecule has 0 radical (unpaired) electrons. The van der Waals surface area contributed by atoms with Crippen LogP contribution in [0.25, 0.3) is 0 Å². The van der Waals surface area contributed by atoms with Gasteiger partial charge in [0.15, 0.2) is 0 Å². The summed E-state index contributed by atoms with van der Waals surface area (Å²) >= 11 is 0. The van der Waals surface area contributed by atoms with Gasteiger partial charge < -0.3 is 16.0 Å². The molecule has 1 aliphatic rings. The van der Waals surface area contributed by atoms with Gasteiger partial charge in [0, 0.05) is 12.6 Å². The van der Waals surface area contributed by atoms with Crippen LogP contribution >= 0.6 is 0 Å². The molecule has 0 unspecified atom stereocenters. The van der Waals surface area contributed by atoms with Gasteiger partial charge in [0.05, 0.1) is 0 Å². The fraction of sp³-hybridized carbons (Fsp3) is 0.909. The first-order valence-corrected chi connectivity index (χ1v) is 5.72. The number of carbonyl (C=O) groups excluding carboxylic acids is 1. The summed E-state index contributed by atoms with van der Waals surface area (Å²) in [5.74, 6) is 0. The highest BCUT2D eigenvalue weighted by Crippen LogP contribution is 2.10. The highest BCUT2D eigenvalue weighted by atomic mass is 16.2. The summed E-state index contributed by atoms with van der Waals surface area (Å²) in [6.45, 7) is 9.05. The number of hydrogen-bond acceptors (Lipinski definition) is 2. The molecule has 88 valence electrons. The van der Waals surface area contributed by atoms with Gasteiger partial charge in [-0.2, -0.15) is 0 Å². The second-order valence-electron chi connectivity index (χ2n) is 5.41. The van der Waals surface area contributed by atoms with Crippen molar-refractivity contribution in [3.05, 3.63) is 0 Å². The maximum Gasteiger partial charge on any atom is 0.315 e. The lowest BCUT2D eigenvalue weighted by Gasteiger charge is -2.25. The third-order valence-electron chi connectivity index (χ3n) is 2.45. The van der Waals surface area contributed by atoms with Crippen molar-refractivity contribution in [2.45, 2.75) is 39.7 Å². The van der Waals surface area contributed by atoms with E-state index in [1.807, 2.05) is 0 Å². The van der Waals surface area contributed by atoms with Gasteiger partial charge in [0.1, 0.15) is 0 Å². The first kappa shape index (κ1) is 12.3. The normalized spacial score (nSPS) is 18.6. The van der Waals surface area contributed by atoms with E-state index in [1.54, 1.807) is 0 Å². The van der Waals surface area contributed by atoms with Crippen LogP contribution in [0.4, 0.5) is 4.79 Å². The molecular formula is C11H23N3O. The van der Waals surface area contributed by atoms with E-state index >= 15 is 0 Å². The molecule has 2 amide bonds. The van der Waals surface area contributed by atoms with E-state index in [0.717, 1.165) is 25.9 Å². The molecular weight excluding hydrogens is 190 g/mol. The molecule has 15 heavy (non-hydrogen) atoms. The van der Waals surface area contributed by atoms with Gasteiger partial charge in [0.25, 0.3) is 0 Å². The zero-order valence-electron chi connectivity index (χ0n) is 10.0. The number of rotatable bonds is 2. The Bertz CT molecular complexity index is 204. The van der Waals surface area contributed by atoms with Gasteiger partial charge in [-0.15, -0.1) is 0 Å². The summed E-state index contributed by atoms with van der Waals surface area (Å²) in [7, 11) is 0. The lowest BCUT2D eigenvalue weighted by molar-refractivity contribution is 0.228. The van der Waals surface area contributed by atoms with Crippen molar-refractivity contribution in [3.8, 4) is 0 Å². The van der Waals surface area contributed by atoms with Crippen LogP contribution in [0.3, 0.4) is 0 Å². The number of urea groups is 1. The number of hydrogen-bond donors (Lipinski definition) is 3. The monoisotopic (exact) mass is 213 g/mol. The first-order chi connectivity index (χ1) is 6.97. The van der Waals surface area contributed by atoms with Crippen LogP contribution in [0, 0.1) is 5.41 Å². The smallest absolute Gasteiger partial charge is 0.315 e. The van der Waals surface area contributed by atoms with Crippen molar-refractivity contribution in [2.75, 3.05) is 19.6 Å². The van der Waals surface area contributed by atoms with E-state index in [0.29, 0.717) is 12.6 Å². The minimum Gasteiger partial charge on any atom is -0.338 e. The SMILES string of the molecule is CC(C)(C)CNC(=O)NC1CCNCC1. The molecule has 0 aliphatic carbocycles. The van der Waals surface area contributed by atoms with Gasteiger partial charge in [-0.1, -0.05) is 20.8 Å². The molecule has 1 aliphatic heterocycles. The molecule has 0 saturated carbocycles. The predicted molar refractivity (Wildman–Crippen MR) is 61.9 cm³/mol. The average molecular weight is 213 g/mol. The van der Waals surface area contributed by atoms with Crippen molar-refractivity contribution in [2.24, 2.45) is 5.41 Å². The summed E-state index contributed by atoms with van der Waals surface area (Å²) in [5.41, 5.74) is 0.144. The van der Waals surface area contributed by atoms with Gasteiger partial charge in [-0.25, -0.2) is 4.79 Å². The Morgan fingerprint density at radius 1 is 1.33 bits per heavy atom. The maximum atomic E-state index is 11.5. The Labute approximate surface area is 92.2 Å². The van der Waals surface area contributed by atoms with Crippen molar-refractivity contribution in [3.63, 3.8) is 0 Å². The highest BCUT2D eigenvalue weighted by molar-refractivity contribution is 5.74. The molecule has 0 aromatic carbocycles. The van der Waals surface area contributed by atoms with E-state index in [2.05, 4.69) is 36.7 Å². The molecule has 0 aromatic rings. The lowest BCUT2D eigenvalue weighted by atomic mass is 9.97. The molecule has 0 bridgehead atoms. The lowest BCUT2D eigenvalue weighted by Crippen LogP contribution is -2.48. The van der Waals surface area contributed by atoms with Crippen LogP contribution in [0.2, 0.25) is 0 Å². The minimum atomic E-state index is -0.0307. The van der Waals surface area contributed by atoms with Crippen molar-refractivity contribution >= 4 is 6.03 Å². The zero-order valence-corrected chi connectivity index (χ0v) is 10.0. The van der Waals surface area contributed by atoms with E-state index in [-0.39, 0.29) is 11.4 Å². The number of nitrogens with one attached hydrogen (secondary N) is 3. The van der Waals surface area contributed by atoms with Gasteiger partial charge in [-0.05, 0) is 31.3 Å². The second kappa shape index (κ2) is 5.35. The molecule has 1 rings (SSSR count). The number of piperidine rings is 1. The quantitative estimate of drug-likeness (QED) is 0.643. The summed E-state index contributed by atoms with van der Waals surface area (Å²) in [6, 6.07) is 0.308. The summed E-state index contributed by atoms with van der Waals surface area (Å²) in [5, 5.41) is 9.17. The number of amides is 2. The summed E-state index contributed by atoms with van der Waals surface area (Å²) in [6.07, 6.45) is 2.06. The maximum absolute atomic E-state index is 11.5. The van der Waals surface area contributed by atoms with Crippen LogP contribution in [-0.4, -0.2) is 31.7 Å². The van der Waals surface area contributed by atoms with Gasteiger partial charge in [-0.3, -0.25) is 0 Å². The molecule has 1 heterocycles. The van der Waals surface area contributed by atoms with Crippen LogP contribution in [0.5, 0.6) is 0 Å². The average Bonchev–Trinajstić information content (AvgIpc) is 2.15. The third-order valence-corrected chi connectivity index (χ3v) is 2.45. The largest absolute Gasteiger partial charge is 0.338 e. The van der Waals surface area contributed by atoms with E-state index in [9.17, 15) is 4.79 Å². The van der Waals surface area contributed by atoms with E-state index < -0.39 is 0 Å². The third kappa shape index (κ3) is 5.62. The summed E-state index contributed by atoms with van der Waals surface area (Å²) < 4.78 is 0. The molecule has 0 spiro atoms. The molecule has 4 nitrogen and oxygen atoms in total. The van der Waals surface area contributed by atoms with Crippen molar-refractivity contribution in [1.29, 1.82) is 0 Å². The molecule has 4 heteroatoms. The van der Waals surface area contributed by atoms with Gasteiger partial charge in [0.2, 0.25) is 0 Å². The first-order valence-electron chi connectivity index (χ1n) is 5.72. The highest BCUT2D eigenvalue weighted by Gasteiger charge is 2.16. The standard InChI is InChI=1S/C11H23N3O/c1-11(2,3)8-13-10(15)14-9-4-6-12-7-5-9/h9,12H,4-8H2,1-3H3,(H2,13,14,15). The Morgan fingerprint density at radius 2 is 1.93 bits per heavy atom. The zero-order chi connectivity index (χ0) is 11.3. The van der Waals surface area contributed by atoms with Crippen LogP contribution in [0.15, 0.2) is 0 Å². The predicted octanol–water partition coefficient (Wildman–Crippen LogP) is 1.08. The summed E-state index contributed by atoms with van der Waals surface area (Å²) in [4.78, 5) is 11.5.